The fourth-order valence-electron chi connectivity index (χ4n) is 1.65. The molecule has 18 heavy (non-hydrogen) atoms. The average Bonchev–Trinajstić information content (AvgIpc) is 2.37. The number of nitrogens with zero attached hydrogens (tertiary/aromatic N) is 1. The number of rotatable bonds is 6. The first-order valence-electron chi connectivity index (χ1n) is 6.07. The third kappa shape index (κ3) is 4.31. The molecule has 0 aliphatic carbocycles. The van der Waals surface area contributed by atoms with Crippen molar-refractivity contribution in [2.24, 2.45) is 0 Å². The van der Waals surface area contributed by atoms with E-state index in [1.54, 1.807) is 0 Å². The summed E-state index contributed by atoms with van der Waals surface area (Å²) in [5.41, 5.74) is 0.0436. The summed E-state index contributed by atoms with van der Waals surface area (Å²) in [5, 5.41) is 2.71. The van der Waals surface area contributed by atoms with Gasteiger partial charge in [0.15, 0.2) is 0 Å². The second kappa shape index (κ2) is 7.38. The maximum Gasteiger partial charge on any atom is 0.254 e. The quantitative estimate of drug-likeness (QED) is 0.777. The lowest BCUT2D eigenvalue weighted by molar-refractivity contribution is 0.0944. The minimum atomic E-state index is -0.520. The molecule has 0 aromatic heterocycles. The second-order valence-corrected chi connectivity index (χ2v) is 4.46. The number of hydrogen-bond donors (Lipinski definition) is 2. The van der Waals surface area contributed by atoms with Crippen LogP contribution in [0.3, 0.4) is 0 Å². The molecule has 0 saturated heterocycles. The Morgan fingerprint density at radius 3 is 2.67 bits per heavy atom. The summed E-state index contributed by atoms with van der Waals surface area (Å²) in [5.74, 6) is -0.913. The Morgan fingerprint density at radius 2 is 2.06 bits per heavy atom. The zero-order valence-corrected chi connectivity index (χ0v) is 11.6. The lowest BCUT2D eigenvalue weighted by atomic mass is 10.2. The van der Waals surface area contributed by atoms with Gasteiger partial charge in [0.25, 0.3) is 5.91 Å². The van der Waals surface area contributed by atoms with Crippen molar-refractivity contribution in [3.05, 3.63) is 29.6 Å². The lowest BCUT2D eigenvalue weighted by Gasteiger charge is -2.18. The number of halogens is 1. The summed E-state index contributed by atoms with van der Waals surface area (Å²) >= 11 is 4.09. The summed E-state index contributed by atoms with van der Waals surface area (Å²) in [6.45, 7) is 7.28. The van der Waals surface area contributed by atoms with E-state index in [1.807, 2.05) is 0 Å². The van der Waals surface area contributed by atoms with Gasteiger partial charge in [0.05, 0.1) is 5.56 Å². The summed E-state index contributed by atoms with van der Waals surface area (Å²) in [6.07, 6.45) is 0. The standard InChI is InChI=1S/C13H19FN2OS/c1-3-16(4-2)8-7-15-13(17)11-9-10(18)5-6-12(11)14/h5-6,9,18H,3-4,7-8H2,1-2H3,(H,15,17). The van der Waals surface area contributed by atoms with E-state index >= 15 is 0 Å². The number of carbonyl (C=O) groups excluding carboxylic acids is 1. The molecule has 1 aromatic carbocycles. The van der Waals surface area contributed by atoms with Crippen LogP contribution in [0.1, 0.15) is 24.2 Å². The molecule has 1 rings (SSSR count). The normalized spacial score (nSPS) is 10.7. The minimum Gasteiger partial charge on any atom is -0.351 e. The van der Waals surface area contributed by atoms with Crippen LogP contribution >= 0.6 is 12.6 Å². The first-order chi connectivity index (χ1) is 8.58. The molecule has 0 saturated carbocycles. The van der Waals surface area contributed by atoms with Gasteiger partial charge < -0.3 is 10.2 Å². The topological polar surface area (TPSA) is 32.3 Å². The van der Waals surface area contributed by atoms with Gasteiger partial charge >= 0.3 is 0 Å². The first-order valence-corrected chi connectivity index (χ1v) is 6.52. The molecule has 0 spiro atoms. The molecule has 3 nitrogen and oxygen atoms in total. The minimum absolute atomic E-state index is 0.0436. The van der Waals surface area contributed by atoms with E-state index in [0.29, 0.717) is 11.4 Å². The van der Waals surface area contributed by atoms with Crippen LogP contribution in [0.4, 0.5) is 4.39 Å². The molecule has 0 aliphatic heterocycles. The maximum absolute atomic E-state index is 13.4. The maximum atomic E-state index is 13.4. The molecule has 1 N–H and O–H groups in total. The highest BCUT2D eigenvalue weighted by molar-refractivity contribution is 7.80. The Bertz CT molecular complexity index is 408. The van der Waals surface area contributed by atoms with Gasteiger partial charge in [-0.15, -0.1) is 12.6 Å². The zero-order valence-electron chi connectivity index (χ0n) is 10.7. The van der Waals surface area contributed by atoms with Crippen LogP contribution in [0, 0.1) is 5.82 Å². The number of carbonyl (C=O) groups is 1. The number of likely N-dealkylation sites (N-methyl/N-ethyl adjacent to an activating group) is 1. The van der Waals surface area contributed by atoms with Gasteiger partial charge in [0.1, 0.15) is 5.82 Å². The van der Waals surface area contributed by atoms with Crippen LogP contribution in [0.15, 0.2) is 23.1 Å². The largest absolute Gasteiger partial charge is 0.351 e. The molecular weight excluding hydrogens is 251 g/mol. The molecule has 0 aliphatic rings. The van der Waals surface area contributed by atoms with Crippen molar-refractivity contribution in [1.82, 2.24) is 10.2 Å². The Labute approximate surface area is 113 Å². The van der Waals surface area contributed by atoms with Crippen molar-refractivity contribution >= 4 is 18.5 Å². The Balaban J connectivity index is 2.53. The number of amides is 1. The average molecular weight is 270 g/mol. The Kier molecular flexibility index (Phi) is 6.15. The molecule has 0 radical (unpaired) electrons. The summed E-state index contributed by atoms with van der Waals surface area (Å²) in [6, 6.07) is 4.21. The van der Waals surface area contributed by atoms with Crippen molar-refractivity contribution in [2.45, 2.75) is 18.7 Å². The van der Waals surface area contributed by atoms with Crippen LogP contribution in [0.25, 0.3) is 0 Å². The summed E-state index contributed by atoms with van der Waals surface area (Å²) < 4.78 is 13.4. The number of thiol groups is 1. The van der Waals surface area contributed by atoms with E-state index in [-0.39, 0.29) is 5.56 Å². The van der Waals surface area contributed by atoms with Crippen molar-refractivity contribution in [3.63, 3.8) is 0 Å². The van der Waals surface area contributed by atoms with Crippen LogP contribution < -0.4 is 5.32 Å². The molecule has 0 unspecified atom stereocenters. The van der Waals surface area contributed by atoms with Crippen LogP contribution in [0.2, 0.25) is 0 Å². The van der Waals surface area contributed by atoms with Gasteiger partial charge in [-0.05, 0) is 31.3 Å². The summed E-state index contributed by atoms with van der Waals surface area (Å²) in [4.78, 5) is 14.5. The predicted octanol–water partition coefficient (Wildman–Crippen LogP) is 2.19. The van der Waals surface area contributed by atoms with Gasteiger partial charge in [0, 0.05) is 18.0 Å². The number of nitrogens with one attached hydrogen (secondary N) is 1. The fourth-order valence-corrected chi connectivity index (χ4v) is 1.85. The molecule has 0 fully saturated rings. The zero-order chi connectivity index (χ0) is 13.5. The number of hydrogen-bond acceptors (Lipinski definition) is 3. The van der Waals surface area contributed by atoms with E-state index in [9.17, 15) is 9.18 Å². The third-order valence-corrected chi connectivity index (χ3v) is 3.08. The van der Waals surface area contributed by atoms with Crippen LogP contribution in [-0.4, -0.2) is 37.0 Å². The molecule has 100 valence electrons. The van der Waals surface area contributed by atoms with E-state index < -0.39 is 11.7 Å². The van der Waals surface area contributed by atoms with Crippen molar-refractivity contribution in [2.75, 3.05) is 26.2 Å². The Hall–Kier alpha value is -1.07. The molecule has 0 heterocycles. The van der Waals surface area contributed by atoms with Gasteiger partial charge in [-0.25, -0.2) is 4.39 Å². The van der Waals surface area contributed by atoms with Crippen molar-refractivity contribution in [1.29, 1.82) is 0 Å². The van der Waals surface area contributed by atoms with Gasteiger partial charge in [0.2, 0.25) is 0 Å². The molecule has 1 aromatic rings. The van der Waals surface area contributed by atoms with E-state index in [1.165, 1.54) is 18.2 Å². The second-order valence-electron chi connectivity index (χ2n) is 3.95. The third-order valence-electron chi connectivity index (χ3n) is 2.80. The summed E-state index contributed by atoms with van der Waals surface area (Å²) in [7, 11) is 0. The van der Waals surface area contributed by atoms with Crippen molar-refractivity contribution in [3.8, 4) is 0 Å². The van der Waals surface area contributed by atoms with Crippen LogP contribution in [0.5, 0.6) is 0 Å². The molecule has 0 bridgehead atoms. The molecule has 0 atom stereocenters. The fraction of sp³-hybridized carbons (Fsp3) is 0.462. The highest BCUT2D eigenvalue weighted by Crippen LogP contribution is 2.13. The highest BCUT2D eigenvalue weighted by Gasteiger charge is 2.11. The first kappa shape index (κ1) is 15.0. The molecular formula is C13H19FN2OS. The van der Waals surface area contributed by atoms with E-state index in [2.05, 4.69) is 36.7 Å². The van der Waals surface area contributed by atoms with Gasteiger partial charge in [-0.3, -0.25) is 4.79 Å². The SMILES string of the molecule is CCN(CC)CCNC(=O)c1cc(S)ccc1F. The molecule has 1 amide bonds. The predicted molar refractivity (Wildman–Crippen MR) is 73.8 cm³/mol. The van der Waals surface area contributed by atoms with E-state index in [0.717, 1.165) is 19.6 Å². The van der Waals surface area contributed by atoms with Crippen molar-refractivity contribution < 1.29 is 9.18 Å². The molecule has 5 heteroatoms. The van der Waals surface area contributed by atoms with Crippen LogP contribution in [-0.2, 0) is 0 Å². The lowest BCUT2D eigenvalue weighted by Crippen LogP contribution is -2.35. The number of benzene rings is 1. The van der Waals surface area contributed by atoms with E-state index in [4.69, 9.17) is 0 Å². The monoisotopic (exact) mass is 270 g/mol. The highest BCUT2D eigenvalue weighted by atomic mass is 32.1. The van der Waals surface area contributed by atoms with Gasteiger partial charge in [-0.2, -0.15) is 0 Å². The van der Waals surface area contributed by atoms with Gasteiger partial charge in [-0.1, -0.05) is 13.8 Å². The Morgan fingerprint density at radius 1 is 1.39 bits per heavy atom. The smallest absolute Gasteiger partial charge is 0.254 e.